The Kier molecular flexibility index (Phi) is 5.44. The van der Waals surface area contributed by atoms with E-state index in [1.165, 1.54) is 6.07 Å². The monoisotopic (exact) mass is 469 g/mol. The van der Waals surface area contributed by atoms with Gasteiger partial charge in [-0.25, -0.2) is 17.2 Å². The molecule has 1 aromatic rings. The number of ether oxygens (including phenoxy) is 2. The summed E-state index contributed by atoms with van der Waals surface area (Å²) >= 11 is 0. The summed E-state index contributed by atoms with van der Waals surface area (Å²) in [6.45, 7) is -0.958. The lowest BCUT2D eigenvalue weighted by Crippen LogP contribution is -2.59. The van der Waals surface area contributed by atoms with Crippen molar-refractivity contribution in [3.63, 3.8) is 0 Å². The van der Waals surface area contributed by atoms with E-state index >= 15 is 0 Å². The van der Waals surface area contributed by atoms with E-state index in [4.69, 9.17) is 9.47 Å². The SMILES string of the molecule is O=C(C1CCC(S(=O)(=O)c2ccc(OC3COC3)cc2C(F)(F)F)C1)N1CC(F)(F)C1. The summed E-state index contributed by atoms with van der Waals surface area (Å²) in [4.78, 5) is 12.4. The highest BCUT2D eigenvalue weighted by atomic mass is 32.2. The number of likely N-dealkylation sites (tertiary alicyclic amines) is 1. The van der Waals surface area contributed by atoms with Crippen LogP contribution < -0.4 is 4.74 Å². The summed E-state index contributed by atoms with van der Waals surface area (Å²) < 4.78 is 103. The van der Waals surface area contributed by atoms with Crippen molar-refractivity contribution in [2.45, 2.75) is 47.6 Å². The Bertz CT molecular complexity index is 968. The summed E-state index contributed by atoms with van der Waals surface area (Å²) in [5.74, 6) is -4.44. The number of halogens is 5. The van der Waals surface area contributed by atoms with Crippen molar-refractivity contribution in [2.75, 3.05) is 26.3 Å². The van der Waals surface area contributed by atoms with Crippen LogP contribution in [0, 0.1) is 5.92 Å². The fraction of sp³-hybridized carbons (Fsp3) is 0.632. The summed E-state index contributed by atoms with van der Waals surface area (Å²) in [6.07, 6.45) is -5.42. The van der Waals surface area contributed by atoms with Crippen LogP contribution in [0.4, 0.5) is 22.0 Å². The minimum atomic E-state index is -4.94. The molecule has 2 unspecified atom stereocenters. The normalized spacial score (nSPS) is 26.3. The molecule has 1 amide bonds. The van der Waals surface area contributed by atoms with Gasteiger partial charge in [0.25, 0.3) is 5.92 Å². The largest absolute Gasteiger partial charge is 0.486 e. The van der Waals surface area contributed by atoms with Gasteiger partial charge in [0.05, 0.1) is 42.0 Å². The van der Waals surface area contributed by atoms with E-state index < -0.39 is 62.6 Å². The molecule has 2 aliphatic heterocycles. The van der Waals surface area contributed by atoms with Crippen molar-refractivity contribution < 1.29 is 44.6 Å². The van der Waals surface area contributed by atoms with E-state index in [2.05, 4.69) is 0 Å². The Morgan fingerprint density at radius 3 is 2.39 bits per heavy atom. The van der Waals surface area contributed by atoms with Crippen molar-refractivity contribution in [3.05, 3.63) is 23.8 Å². The van der Waals surface area contributed by atoms with Crippen LogP contribution in [0.15, 0.2) is 23.1 Å². The fourth-order valence-corrected chi connectivity index (χ4v) is 6.11. The van der Waals surface area contributed by atoms with Crippen LogP contribution in [0.2, 0.25) is 0 Å². The van der Waals surface area contributed by atoms with Gasteiger partial charge in [0.2, 0.25) is 5.91 Å². The average molecular weight is 469 g/mol. The van der Waals surface area contributed by atoms with Gasteiger partial charge in [-0.05, 0) is 37.5 Å². The maximum atomic E-state index is 13.6. The number of rotatable bonds is 5. The highest BCUT2D eigenvalue weighted by Gasteiger charge is 2.50. The third-order valence-electron chi connectivity index (χ3n) is 5.80. The molecule has 12 heteroatoms. The van der Waals surface area contributed by atoms with Crippen molar-refractivity contribution in [3.8, 4) is 5.75 Å². The van der Waals surface area contributed by atoms with Crippen LogP contribution in [-0.2, 0) is 25.5 Å². The lowest BCUT2D eigenvalue weighted by atomic mass is 10.0. The number of carbonyl (C=O) groups excluding carboxylic acids is 1. The van der Waals surface area contributed by atoms with E-state index in [0.29, 0.717) is 6.07 Å². The van der Waals surface area contributed by atoms with Gasteiger partial charge in [0.15, 0.2) is 9.84 Å². The minimum Gasteiger partial charge on any atom is -0.486 e. The second-order valence-corrected chi connectivity index (χ2v) is 10.4. The Morgan fingerprint density at radius 2 is 1.84 bits per heavy atom. The number of alkyl halides is 5. The first-order chi connectivity index (χ1) is 14.4. The number of carbonyl (C=O) groups is 1. The molecule has 1 aromatic carbocycles. The van der Waals surface area contributed by atoms with Crippen LogP contribution in [0.1, 0.15) is 24.8 Å². The number of sulfone groups is 1. The molecule has 2 heterocycles. The Hall–Kier alpha value is -1.95. The molecule has 0 radical (unpaired) electrons. The van der Waals surface area contributed by atoms with Crippen molar-refractivity contribution in [1.82, 2.24) is 4.90 Å². The third kappa shape index (κ3) is 4.36. The van der Waals surface area contributed by atoms with Crippen LogP contribution in [0.5, 0.6) is 5.75 Å². The number of hydrogen-bond acceptors (Lipinski definition) is 5. The number of benzene rings is 1. The number of amides is 1. The van der Waals surface area contributed by atoms with Crippen LogP contribution in [-0.4, -0.2) is 62.8 Å². The smallest absolute Gasteiger partial charge is 0.417 e. The third-order valence-corrected chi connectivity index (χ3v) is 8.08. The molecule has 1 saturated carbocycles. The van der Waals surface area contributed by atoms with Crippen LogP contribution in [0.25, 0.3) is 0 Å². The van der Waals surface area contributed by atoms with Gasteiger partial charge in [-0.2, -0.15) is 13.2 Å². The second-order valence-electron chi connectivity index (χ2n) is 8.16. The zero-order valence-corrected chi connectivity index (χ0v) is 17.0. The zero-order valence-electron chi connectivity index (χ0n) is 16.2. The fourth-order valence-electron chi connectivity index (χ4n) is 4.08. The molecule has 3 aliphatic rings. The van der Waals surface area contributed by atoms with Crippen molar-refractivity contribution in [1.29, 1.82) is 0 Å². The lowest BCUT2D eigenvalue weighted by molar-refractivity contribution is -0.169. The highest BCUT2D eigenvalue weighted by molar-refractivity contribution is 7.92. The Labute approximate surface area is 175 Å². The molecule has 0 aromatic heterocycles. The van der Waals surface area contributed by atoms with Crippen LogP contribution >= 0.6 is 0 Å². The second kappa shape index (κ2) is 7.58. The van der Waals surface area contributed by atoms with Gasteiger partial charge in [-0.1, -0.05) is 0 Å². The van der Waals surface area contributed by atoms with Crippen molar-refractivity contribution in [2.24, 2.45) is 5.92 Å². The first-order valence-electron chi connectivity index (χ1n) is 9.73. The standard InChI is InChI=1S/C19H20F5NO5S/c20-18(21)9-25(10-18)17(26)11-1-3-14(5-11)31(27,28)16-4-2-12(30-13-7-29-8-13)6-15(16)19(22,23)24/h2,4,6,11,13-14H,1,3,5,7-10H2. The van der Waals surface area contributed by atoms with E-state index in [0.717, 1.165) is 11.0 Å². The maximum absolute atomic E-state index is 13.6. The van der Waals surface area contributed by atoms with Gasteiger partial charge in [-0.3, -0.25) is 4.79 Å². The van der Waals surface area contributed by atoms with E-state index in [-0.39, 0.29) is 44.3 Å². The quantitative estimate of drug-likeness (QED) is 0.621. The Morgan fingerprint density at radius 1 is 1.16 bits per heavy atom. The molecule has 2 atom stereocenters. The molecule has 4 rings (SSSR count). The summed E-state index contributed by atoms with van der Waals surface area (Å²) in [5, 5.41) is -1.20. The molecule has 31 heavy (non-hydrogen) atoms. The minimum absolute atomic E-state index is 0.0159. The molecule has 172 valence electrons. The molecular formula is C19H20F5NO5S. The molecule has 0 spiro atoms. The van der Waals surface area contributed by atoms with Gasteiger partial charge in [0.1, 0.15) is 11.9 Å². The number of nitrogens with zero attached hydrogens (tertiary/aromatic N) is 1. The molecule has 1 aliphatic carbocycles. The van der Waals surface area contributed by atoms with Gasteiger partial charge < -0.3 is 14.4 Å². The van der Waals surface area contributed by atoms with Crippen LogP contribution in [0.3, 0.4) is 0 Å². The molecule has 2 saturated heterocycles. The highest BCUT2D eigenvalue weighted by Crippen LogP contribution is 2.42. The van der Waals surface area contributed by atoms with E-state index in [1.807, 2.05) is 0 Å². The predicted octanol–water partition coefficient (Wildman–Crippen LogP) is 2.90. The summed E-state index contributed by atoms with van der Waals surface area (Å²) in [5.41, 5.74) is -1.33. The van der Waals surface area contributed by atoms with Gasteiger partial charge in [0, 0.05) is 5.92 Å². The summed E-state index contributed by atoms with van der Waals surface area (Å²) in [6, 6.07) is 2.70. The molecule has 0 bridgehead atoms. The zero-order chi connectivity index (χ0) is 22.6. The predicted molar refractivity (Wildman–Crippen MR) is 96.5 cm³/mol. The average Bonchev–Trinajstić information content (AvgIpc) is 3.12. The van der Waals surface area contributed by atoms with Crippen molar-refractivity contribution >= 4 is 15.7 Å². The topological polar surface area (TPSA) is 72.9 Å². The van der Waals surface area contributed by atoms with Gasteiger partial charge in [-0.15, -0.1) is 0 Å². The first-order valence-corrected chi connectivity index (χ1v) is 11.3. The molecular weight excluding hydrogens is 449 g/mol. The molecule has 3 fully saturated rings. The van der Waals surface area contributed by atoms with E-state index in [9.17, 15) is 35.2 Å². The molecule has 6 nitrogen and oxygen atoms in total. The maximum Gasteiger partial charge on any atom is 0.417 e. The summed E-state index contributed by atoms with van der Waals surface area (Å²) in [7, 11) is -4.41. The van der Waals surface area contributed by atoms with Gasteiger partial charge >= 0.3 is 6.18 Å². The first kappa shape index (κ1) is 22.3. The Balaban J connectivity index is 1.53. The number of hydrogen-bond donors (Lipinski definition) is 0. The molecule has 0 N–H and O–H groups in total. The van der Waals surface area contributed by atoms with E-state index in [1.54, 1.807) is 0 Å². The lowest BCUT2D eigenvalue weighted by Gasteiger charge is -2.40.